The third-order valence-electron chi connectivity index (χ3n) is 2.66. The van der Waals surface area contributed by atoms with Gasteiger partial charge in [0.25, 0.3) is 0 Å². The molecule has 2 aromatic rings. The molecular weight excluding hydrogens is 212 g/mol. The van der Waals surface area contributed by atoms with Crippen LogP contribution in [0.2, 0.25) is 0 Å². The summed E-state index contributed by atoms with van der Waals surface area (Å²) in [7, 11) is 1.64. The van der Waals surface area contributed by atoms with Gasteiger partial charge in [-0.05, 0) is 36.8 Å². The summed E-state index contributed by atoms with van der Waals surface area (Å²) in [4.78, 5) is 0. The van der Waals surface area contributed by atoms with E-state index < -0.39 is 0 Å². The Morgan fingerprint density at radius 1 is 1.18 bits per heavy atom. The molecule has 0 radical (unpaired) electrons. The molecule has 2 rings (SSSR count). The van der Waals surface area contributed by atoms with Crippen molar-refractivity contribution in [3.63, 3.8) is 0 Å². The minimum Gasteiger partial charge on any atom is -0.497 e. The zero-order valence-corrected chi connectivity index (χ0v) is 9.94. The van der Waals surface area contributed by atoms with Crippen LogP contribution in [0.25, 0.3) is 0 Å². The van der Waals surface area contributed by atoms with E-state index in [1.165, 1.54) is 0 Å². The van der Waals surface area contributed by atoms with Crippen molar-refractivity contribution < 1.29 is 9.15 Å². The molecule has 0 fully saturated rings. The Morgan fingerprint density at radius 3 is 2.35 bits per heavy atom. The van der Waals surface area contributed by atoms with E-state index in [-0.39, 0.29) is 5.92 Å². The maximum atomic E-state index is 5.58. The van der Waals surface area contributed by atoms with Gasteiger partial charge in [-0.25, -0.2) is 0 Å². The average molecular weight is 226 g/mol. The lowest BCUT2D eigenvalue weighted by Gasteiger charge is -2.09. The Morgan fingerprint density at radius 2 is 1.88 bits per heavy atom. The highest BCUT2D eigenvalue weighted by molar-refractivity contribution is 5.38. The maximum absolute atomic E-state index is 5.58. The Hall–Kier alpha value is -2.14. The standard InChI is InChI=1S/C15H14O2/c1-4-14(15-10-5-11(2)17-15)12-6-8-13(16-3)9-7-12/h1,5-10,14H,2-3H3. The normalized spacial score (nSPS) is 11.8. The molecule has 0 aliphatic rings. The molecule has 0 bridgehead atoms. The number of ether oxygens (including phenoxy) is 1. The van der Waals surface area contributed by atoms with Crippen LogP contribution in [0.15, 0.2) is 40.8 Å². The van der Waals surface area contributed by atoms with Gasteiger partial charge in [-0.15, -0.1) is 6.42 Å². The largest absolute Gasteiger partial charge is 0.497 e. The number of terminal acetylenes is 1. The van der Waals surface area contributed by atoms with Crippen molar-refractivity contribution in [2.24, 2.45) is 0 Å². The van der Waals surface area contributed by atoms with E-state index in [0.717, 1.165) is 22.8 Å². The quantitative estimate of drug-likeness (QED) is 0.749. The van der Waals surface area contributed by atoms with Crippen LogP contribution in [0.4, 0.5) is 0 Å². The van der Waals surface area contributed by atoms with Gasteiger partial charge in [-0.2, -0.15) is 0 Å². The summed E-state index contributed by atoms with van der Waals surface area (Å²) in [5, 5.41) is 0. The van der Waals surface area contributed by atoms with E-state index in [1.54, 1.807) is 7.11 Å². The van der Waals surface area contributed by atoms with E-state index >= 15 is 0 Å². The number of hydrogen-bond donors (Lipinski definition) is 0. The van der Waals surface area contributed by atoms with Crippen LogP contribution >= 0.6 is 0 Å². The summed E-state index contributed by atoms with van der Waals surface area (Å²) >= 11 is 0. The topological polar surface area (TPSA) is 22.4 Å². The van der Waals surface area contributed by atoms with E-state index in [2.05, 4.69) is 5.92 Å². The van der Waals surface area contributed by atoms with Crippen molar-refractivity contribution >= 4 is 0 Å². The number of hydrogen-bond acceptors (Lipinski definition) is 2. The molecule has 1 unspecified atom stereocenters. The lowest BCUT2D eigenvalue weighted by molar-refractivity contribution is 0.414. The van der Waals surface area contributed by atoms with Crippen LogP contribution in [0.5, 0.6) is 5.75 Å². The Balaban J connectivity index is 2.32. The van der Waals surface area contributed by atoms with Crippen molar-refractivity contribution in [2.45, 2.75) is 12.8 Å². The number of benzene rings is 1. The van der Waals surface area contributed by atoms with E-state index in [0.29, 0.717) is 0 Å². The van der Waals surface area contributed by atoms with Crippen LogP contribution in [0.3, 0.4) is 0 Å². The van der Waals surface area contributed by atoms with E-state index in [9.17, 15) is 0 Å². The first-order chi connectivity index (χ1) is 8.24. The highest BCUT2D eigenvalue weighted by Crippen LogP contribution is 2.26. The summed E-state index contributed by atoms with van der Waals surface area (Å²) in [6, 6.07) is 11.6. The molecule has 0 aliphatic carbocycles. The van der Waals surface area contributed by atoms with Gasteiger partial charge < -0.3 is 9.15 Å². The minimum atomic E-state index is -0.144. The number of furan rings is 1. The van der Waals surface area contributed by atoms with Crippen LogP contribution in [-0.4, -0.2) is 7.11 Å². The molecule has 1 heterocycles. The molecule has 1 aromatic carbocycles. The molecule has 2 heteroatoms. The van der Waals surface area contributed by atoms with Gasteiger partial charge in [0.15, 0.2) is 0 Å². The number of aryl methyl sites for hydroxylation is 1. The smallest absolute Gasteiger partial charge is 0.123 e. The molecule has 0 aliphatic heterocycles. The van der Waals surface area contributed by atoms with Crippen molar-refractivity contribution in [1.82, 2.24) is 0 Å². The van der Waals surface area contributed by atoms with Gasteiger partial charge in [0.05, 0.1) is 7.11 Å². The van der Waals surface area contributed by atoms with Crippen molar-refractivity contribution in [1.29, 1.82) is 0 Å². The first-order valence-electron chi connectivity index (χ1n) is 5.41. The van der Waals surface area contributed by atoms with Crippen LogP contribution in [0.1, 0.15) is 23.0 Å². The third-order valence-corrected chi connectivity index (χ3v) is 2.66. The molecule has 0 N–H and O–H groups in total. The summed E-state index contributed by atoms with van der Waals surface area (Å²) in [6.07, 6.45) is 5.58. The predicted octanol–water partition coefficient (Wildman–Crippen LogP) is 3.36. The highest BCUT2D eigenvalue weighted by atomic mass is 16.5. The predicted molar refractivity (Wildman–Crippen MR) is 67.1 cm³/mol. The van der Waals surface area contributed by atoms with Gasteiger partial charge in [-0.3, -0.25) is 0 Å². The third kappa shape index (κ3) is 2.34. The zero-order valence-electron chi connectivity index (χ0n) is 9.94. The van der Waals surface area contributed by atoms with Gasteiger partial charge >= 0.3 is 0 Å². The molecule has 17 heavy (non-hydrogen) atoms. The lowest BCUT2D eigenvalue weighted by Crippen LogP contribution is -1.96. The molecule has 1 atom stereocenters. The van der Waals surface area contributed by atoms with Crippen molar-refractivity contribution in [2.75, 3.05) is 7.11 Å². The van der Waals surface area contributed by atoms with Gasteiger partial charge in [0.2, 0.25) is 0 Å². The summed E-state index contributed by atoms with van der Waals surface area (Å²) in [5.74, 6) is 5.10. The fraction of sp³-hybridized carbons (Fsp3) is 0.200. The maximum Gasteiger partial charge on any atom is 0.123 e. The molecule has 0 saturated carbocycles. The van der Waals surface area contributed by atoms with E-state index in [4.69, 9.17) is 15.6 Å². The molecule has 0 saturated heterocycles. The monoisotopic (exact) mass is 226 g/mol. The Kier molecular flexibility index (Phi) is 3.20. The van der Waals surface area contributed by atoms with Crippen LogP contribution in [0, 0.1) is 19.3 Å². The Labute approximate surface area is 101 Å². The van der Waals surface area contributed by atoms with Crippen LogP contribution in [-0.2, 0) is 0 Å². The molecule has 86 valence electrons. The van der Waals surface area contributed by atoms with Crippen molar-refractivity contribution in [3.8, 4) is 18.1 Å². The SMILES string of the molecule is C#CC(c1ccc(OC)cc1)c1ccc(C)o1. The first kappa shape index (κ1) is 11.3. The van der Waals surface area contributed by atoms with Crippen molar-refractivity contribution in [3.05, 3.63) is 53.5 Å². The minimum absolute atomic E-state index is 0.144. The molecule has 2 nitrogen and oxygen atoms in total. The van der Waals surface area contributed by atoms with Gasteiger partial charge in [-0.1, -0.05) is 18.1 Å². The zero-order chi connectivity index (χ0) is 12.3. The number of rotatable bonds is 3. The fourth-order valence-electron chi connectivity index (χ4n) is 1.75. The lowest BCUT2D eigenvalue weighted by atomic mass is 9.97. The summed E-state index contributed by atoms with van der Waals surface area (Å²) < 4.78 is 10.7. The second-order valence-corrected chi connectivity index (χ2v) is 3.82. The second-order valence-electron chi connectivity index (χ2n) is 3.82. The van der Waals surface area contributed by atoms with Gasteiger partial charge in [0, 0.05) is 0 Å². The highest BCUT2D eigenvalue weighted by Gasteiger charge is 2.14. The second kappa shape index (κ2) is 4.80. The number of methoxy groups -OCH3 is 1. The average Bonchev–Trinajstić information content (AvgIpc) is 2.78. The van der Waals surface area contributed by atoms with Gasteiger partial charge in [0.1, 0.15) is 23.2 Å². The summed E-state index contributed by atoms with van der Waals surface area (Å²) in [5.41, 5.74) is 1.03. The van der Waals surface area contributed by atoms with Crippen LogP contribution < -0.4 is 4.74 Å². The molecule has 0 amide bonds. The molecule has 0 spiro atoms. The molecular formula is C15H14O2. The molecule has 1 aromatic heterocycles. The first-order valence-corrected chi connectivity index (χ1v) is 5.41. The Bertz CT molecular complexity index is 529. The summed E-state index contributed by atoms with van der Waals surface area (Å²) in [6.45, 7) is 1.91. The van der Waals surface area contributed by atoms with E-state index in [1.807, 2.05) is 43.3 Å². The fourth-order valence-corrected chi connectivity index (χ4v) is 1.75.